The van der Waals surface area contributed by atoms with Gasteiger partial charge < -0.3 is 19.9 Å². The molecule has 1 aromatic carbocycles. The van der Waals surface area contributed by atoms with Crippen LogP contribution in [0.1, 0.15) is 28.3 Å². The molecule has 2 aromatic rings. The molecule has 7 heteroatoms. The monoisotopic (exact) mass is 345 g/mol. The van der Waals surface area contributed by atoms with Crippen LogP contribution in [-0.2, 0) is 11.2 Å². The number of nitrogens with one attached hydrogen (secondary N) is 1. The summed E-state index contributed by atoms with van der Waals surface area (Å²) < 4.78 is 18.5. The van der Waals surface area contributed by atoms with Crippen LogP contribution in [0.4, 0.5) is 4.39 Å². The highest BCUT2D eigenvalue weighted by Crippen LogP contribution is 2.22. The molecule has 0 saturated carbocycles. The van der Waals surface area contributed by atoms with Crippen molar-refractivity contribution in [1.29, 1.82) is 0 Å². The average Bonchev–Trinajstić information content (AvgIpc) is 3.17. The maximum absolute atomic E-state index is 12.9. The Kier molecular flexibility index (Phi) is 4.78. The Labute approximate surface area is 142 Å². The van der Waals surface area contributed by atoms with Crippen molar-refractivity contribution in [2.45, 2.75) is 19.1 Å². The van der Waals surface area contributed by atoms with E-state index in [4.69, 9.17) is 14.6 Å². The van der Waals surface area contributed by atoms with Gasteiger partial charge in [0.1, 0.15) is 11.6 Å². The van der Waals surface area contributed by atoms with Gasteiger partial charge in [0.05, 0.1) is 0 Å². The summed E-state index contributed by atoms with van der Waals surface area (Å²) in [6, 6.07) is 9.09. The minimum atomic E-state index is -1.72. The number of halogens is 1. The Hall–Kier alpha value is -2.77. The van der Waals surface area contributed by atoms with Gasteiger partial charge in [-0.3, -0.25) is 9.59 Å². The topological polar surface area (TPSA) is 99.8 Å². The predicted molar refractivity (Wildman–Crippen MR) is 85.1 cm³/mol. The number of carbonyl (C=O) groups excluding carboxylic acids is 2. The molecule has 3 N–H and O–H groups in total. The van der Waals surface area contributed by atoms with Crippen LogP contribution < -0.4 is 5.32 Å². The number of aliphatic hydroxyl groups excluding tert-OH is 1. The number of rotatable bonds is 6. The Morgan fingerprint density at radius 2 is 1.92 bits per heavy atom. The van der Waals surface area contributed by atoms with Crippen molar-refractivity contribution in [2.24, 2.45) is 0 Å². The molecule has 6 nitrogen and oxygen atoms in total. The van der Waals surface area contributed by atoms with Gasteiger partial charge in [-0.15, -0.1) is 0 Å². The van der Waals surface area contributed by atoms with E-state index in [9.17, 15) is 14.0 Å². The highest BCUT2D eigenvalue weighted by molar-refractivity contribution is 6.15. The zero-order valence-electron chi connectivity index (χ0n) is 13.2. The quantitative estimate of drug-likeness (QED) is 0.542. The molecular weight excluding hydrogens is 329 g/mol. The second kappa shape index (κ2) is 7.00. The van der Waals surface area contributed by atoms with Crippen molar-refractivity contribution >= 4 is 11.7 Å². The Bertz CT molecular complexity index is 835. The fraction of sp³-hybridized carbons (Fsp3) is 0.222. The Balaban J connectivity index is 1.79. The molecule has 0 bridgehead atoms. The molecule has 3 rings (SSSR count). The first-order valence-electron chi connectivity index (χ1n) is 7.68. The molecule has 0 fully saturated rings. The highest BCUT2D eigenvalue weighted by atomic mass is 19.1. The van der Waals surface area contributed by atoms with Crippen LogP contribution in [0.2, 0.25) is 0 Å². The van der Waals surface area contributed by atoms with Crippen LogP contribution in [0.15, 0.2) is 52.0 Å². The SMILES string of the molecule is O=C1NCC(C(=O)c2ccc(Cc3ccc(F)cc3)o2)=C1CC(O)O. The van der Waals surface area contributed by atoms with Crippen molar-refractivity contribution in [1.82, 2.24) is 5.32 Å². The number of ketones is 1. The largest absolute Gasteiger partial charge is 0.457 e. The van der Waals surface area contributed by atoms with E-state index >= 15 is 0 Å². The molecule has 0 atom stereocenters. The van der Waals surface area contributed by atoms with Gasteiger partial charge in [-0.2, -0.15) is 0 Å². The normalized spacial score (nSPS) is 14.3. The van der Waals surface area contributed by atoms with Crippen LogP contribution >= 0.6 is 0 Å². The van der Waals surface area contributed by atoms with Crippen molar-refractivity contribution < 1.29 is 28.6 Å². The van der Waals surface area contributed by atoms with Gasteiger partial charge in [0, 0.05) is 30.5 Å². The van der Waals surface area contributed by atoms with Gasteiger partial charge >= 0.3 is 0 Å². The maximum atomic E-state index is 12.9. The maximum Gasteiger partial charge on any atom is 0.248 e. The first kappa shape index (κ1) is 17.1. The second-order valence-electron chi connectivity index (χ2n) is 5.72. The van der Waals surface area contributed by atoms with Crippen LogP contribution in [0.5, 0.6) is 0 Å². The lowest BCUT2D eigenvalue weighted by Gasteiger charge is -2.05. The van der Waals surface area contributed by atoms with Gasteiger partial charge in [0.2, 0.25) is 11.7 Å². The van der Waals surface area contributed by atoms with E-state index in [0.29, 0.717) is 12.2 Å². The lowest BCUT2D eigenvalue weighted by molar-refractivity contribution is -0.118. The van der Waals surface area contributed by atoms with Crippen LogP contribution in [0.3, 0.4) is 0 Å². The summed E-state index contributed by atoms with van der Waals surface area (Å²) in [5.74, 6) is -0.706. The molecule has 1 amide bonds. The molecule has 0 spiro atoms. The lowest BCUT2D eigenvalue weighted by atomic mass is 10.0. The number of hydrogen-bond acceptors (Lipinski definition) is 5. The second-order valence-corrected chi connectivity index (χ2v) is 5.72. The van der Waals surface area contributed by atoms with Crippen LogP contribution in [-0.4, -0.2) is 34.7 Å². The van der Waals surface area contributed by atoms with E-state index in [0.717, 1.165) is 5.56 Å². The molecule has 0 aliphatic carbocycles. The predicted octanol–water partition coefficient (Wildman–Crippen LogP) is 1.32. The van der Waals surface area contributed by atoms with E-state index < -0.39 is 18.0 Å². The molecule has 0 saturated heterocycles. The van der Waals surface area contributed by atoms with Gasteiger partial charge in [-0.25, -0.2) is 4.39 Å². The number of benzene rings is 1. The summed E-state index contributed by atoms with van der Waals surface area (Å²) in [6.45, 7) is 0.0215. The minimum absolute atomic E-state index is 0.0215. The average molecular weight is 345 g/mol. The number of Topliss-reactive ketones (excluding diaryl/α,β-unsaturated/α-hetero) is 1. The Morgan fingerprint density at radius 3 is 2.60 bits per heavy atom. The van der Waals surface area contributed by atoms with E-state index in [1.807, 2.05) is 0 Å². The van der Waals surface area contributed by atoms with Gasteiger partial charge in [0.25, 0.3) is 0 Å². The van der Waals surface area contributed by atoms with Crippen LogP contribution in [0.25, 0.3) is 0 Å². The van der Waals surface area contributed by atoms with E-state index in [1.54, 1.807) is 18.2 Å². The molecule has 130 valence electrons. The fourth-order valence-electron chi connectivity index (χ4n) is 2.68. The van der Waals surface area contributed by atoms with Gasteiger partial charge in [-0.05, 0) is 29.8 Å². The summed E-state index contributed by atoms with van der Waals surface area (Å²) in [4.78, 5) is 24.3. The zero-order chi connectivity index (χ0) is 18.0. The lowest BCUT2D eigenvalue weighted by Crippen LogP contribution is -2.19. The summed E-state index contributed by atoms with van der Waals surface area (Å²) in [5.41, 5.74) is 1.05. The van der Waals surface area contributed by atoms with Crippen LogP contribution in [0, 0.1) is 5.82 Å². The van der Waals surface area contributed by atoms with Crippen molar-refractivity contribution in [3.63, 3.8) is 0 Å². The zero-order valence-corrected chi connectivity index (χ0v) is 13.2. The third-order valence-corrected chi connectivity index (χ3v) is 3.90. The third kappa shape index (κ3) is 3.84. The number of furan rings is 1. The first-order chi connectivity index (χ1) is 11.9. The summed E-state index contributed by atoms with van der Waals surface area (Å²) in [6.07, 6.45) is -1.64. The summed E-state index contributed by atoms with van der Waals surface area (Å²) in [5, 5.41) is 20.6. The van der Waals surface area contributed by atoms with Crippen molar-refractivity contribution in [3.8, 4) is 0 Å². The molecule has 1 aromatic heterocycles. The number of carbonyl (C=O) groups is 2. The van der Waals surface area contributed by atoms with Gasteiger partial charge in [0.15, 0.2) is 12.1 Å². The third-order valence-electron chi connectivity index (χ3n) is 3.90. The highest BCUT2D eigenvalue weighted by Gasteiger charge is 2.30. The number of hydrogen-bond donors (Lipinski definition) is 3. The van der Waals surface area contributed by atoms with E-state index in [-0.39, 0.29) is 35.7 Å². The smallest absolute Gasteiger partial charge is 0.248 e. The molecule has 1 aliphatic rings. The molecule has 0 radical (unpaired) electrons. The molecule has 2 heterocycles. The molecular formula is C18H16FNO5. The minimum Gasteiger partial charge on any atom is -0.457 e. The standard InChI is InChI=1S/C18H16FNO5/c19-11-3-1-10(2-4-11)7-12-5-6-15(25-12)17(23)14-9-20-18(24)13(14)8-16(21)22/h1-6,16,21-22H,7-9H2,(H,20,24). The molecule has 1 aliphatic heterocycles. The van der Waals surface area contributed by atoms with E-state index in [2.05, 4.69) is 5.32 Å². The fourth-order valence-corrected chi connectivity index (χ4v) is 2.68. The van der Waals surface area contributed by atoms with E-state index in [1.165, 1.54) is 18.2 Å². The number of amides is 1. The first-order valence-corrected chi connectivity index (χ1v) is 7.68. The van der Waals surface area contributed by atoms with Crippen molar-refractivity contribution in [3.05, 3.63) is 70.4 Å². The summed E-state index contributed by atoms with van der Waals surface area (Å²) >= 11 is 0. The number of aliphatic hydroxyl groups is 2. The molecule has 0 unspecified atom stereocenters. The summed E-state index contributed by atoms with van der Waals surface area (Å²) in [7, 11) is 0. The van der Waals surface area contributed by atoms with Gasteiger partial charge in [-0.1, -0.05) is 12.1 Å². The van der Waals surface area contributed by atoms with Crippen molar-refractivity contribution in [2.75, 3.05) is 6.54 Å². The Morgan fingerprint density at radius 1 is 1.20 bits per heavy atom. The molecule has 25 heavy (non-hydrogen) atoms.